The Bertz CT molecular complexity index is 1030. The van der Waals surface area contributed by atoms with Crippen LogP contribution in [0, 0.1) is 6.92 Å². The molecule has 1 saturated heterocycles. The minimum Gasteiger partial charge on any atom is -0.339 e. The highest BCUT2D eigenvalue weighted by atomic mass is 16.2. The van der Waals surface area contributed by atoms with Crippen molar-refractivity contribution in [3.05, 3.63) is 84.0 Å². The molecule has 1 aliphatic rings. The molecule has 0 radical (unpaired) electrons. The molecule has 4 rings (SSSR count). The number of benzene rings is 1. The van der Waals surface area contributed by atoms with Gasteiger partial charge >= 0.3 is 0 Å². The third-order valence-electron chi connectivity index (χ3n) is 5.38. The van der Waals surface area contributed by atoms with Crippen LogP contribution in [0.15, 0.2) is 67.1 Å². The molecule has 0 aliphatic carbocycles. The van der Waals surface area contributed by atoms with Crippen molar-refractivity contribution in [2.75, 3.05) is 18.4 Å². The van der Waals surface area contributed by atoms with E-state index >= 15 is 0 Å². The van der Waals surface area contributed by atoms with Gasteiger partial charge in [0.2, 0.25) is 5.91 Å². The van der Waals surface area contributed by atoms with Gasteiger partial charge in [0.15, 0.2) is 5.82 Å². The number of aromatic nitrogens is 3. The van der Waals surface area contributed by atoms with E-state index in [1.54, 1.807) is 24.7 Å². The van der Waals surface area contributed by atoms with Crippen molar-refractivity contribution < 1.29 is 4.79 Å². The SMILES string of the molecule is Cc1cccnc1Nc1nccnc1C1CCN(C(=O)/C=C/c2ccccc2)CC1. The Balaban J connectivity index is 1.40. The third-order valence-corrected chi connectivity index (χ3v) is 5.38. The lowest BCUT2D eigenvalue weighted by molar-refractivity contribution is -0.126. The van der Waals surface area contributed by atoms with Gasteiger partial charge in [-0.1, -0.05) is 36.4 Å². The minimum absolute atomic E-state index is 0.0545. The van der Waals surface area contributed by atoms with Crippen molar-refractivity contribution in [1.82, 2.24) is 19.9 Å². The van der Waals surface area contributed by atoms with E-state index in [1.165, 1.54) is 0 Å². The standard InChI is InChI=1S/C24H25N5O/c1-18-6-5-13-26-23(18)28-24-22(25-14-15-27-24)20-11-16-29(17-12-20)21(30)10-9-19-7-3-2-4-8-19/h2-10,13-15,20H,11-12,16-17H2,1H3,(H,26,27,28)/b10-9+. The summed E-state index contributed by atoms with van der Waals surface area (Å²) in [6.07, 6.45) is 10.4. The third kappa shape index (κ3) is 4.71. The van der Waals surface area contributed by atoms with Crippen molar-refractivity contribution >= 4 is 23.6 Å². The lowest BCUT2D eigenvalue weighted by atomic mass is 9.93. The number of pyridine rings is 1. The van der Waals surface area contributed by atoms with Crippen LogP contribution in [-0.2, 0) is 4.79 Å². The first kappa shape index (κ1) is 19.8. The summed E-state index contributed by atoms with van der Waals surface area (Å²) >= 11 is 0. The zero-order valence-corrected chi connectivity index (χ0v) is 17.0. The fraction of sp³-hybridized carbons (Fsp3) is 0.250. The minimum atomic E-state index is 0.0545. The number of rotatable bonds is 5. The Hall–Kier alpha value is -3.54. The second-order valence-corrected chi connectivity index (χ2v) is 7.43. The Kier molecular flexibility index (Phi) is 6.13. The van der Waals surface area contributed by atoms with Crippen molar-refractivity contribution in [1.29, 1.82) is 0 Å². The van der Waals surface area contributed by atoms with Crippen LogP contribution in [0.4, 0.5) is 11.6 Å². The highest BCUT2D eigenvalue weighted by Gasteiger charge is 2.26. The molecule has 1 fully saturated rings. The molecule has 1 N–H and O–H groups in total. The van der Waals surface area contributed by atoms with Crippen molar-refractivity contribution in [3.63, 3.8) is 0 Å². The molecule has 0 bridgehead atoms. The van der Waals surface area contributed by atoms with Crippen LogP contribution in [-0.4, -0.2) is 38.8 Å². The average molecular weight is 399 g/mol. The number of likely N-dealkylation sites (tertiary alicyclic amines) is 1. The summed E-state index contributed by atoms with van der Waals surface area (Å²) in [5.74, 6) is 1.84. The smallest absolute Gasteiger partial charge is 0.246 e. The second kappa shape index (κ2) is 9.31. The number of carbonyl (C=O) groups excluding carboxylic acids is 1. The predicted octanol–water partition coefficient (Wildman–Crippen LogP) is 4.34. The van der Waals surface area contributed by atoms with Crippen LogP contribution in [0.25, 0.3) is 6.08 Å². The molecule has 30 heavy (non-hydrogen) atoms. The van der Waals surface area contributed by atoms with Gasteiger partial charge in [-0.2, -0.15) is 0 Å². The number of anilines is 2. The molecule has 2 aromatic heterocycles. The molecular weight excluding hydrogens is 374 g/mol. The van der Waals surface area contributed by atoms with Crippen LogP contribution in [0.2, 0.25) is 0 Å². The number of amides is 1. The van der Waals surface area contributed by atoms with Crippen LogP contribution in [0.5, 0.6) is 0 Å². The van der Waals surface area contributed by atoms with Crippen LogP contribution in [0.1, 0.15) is 35.6 Å². The predicted molar refractivity (Wildman–Crippen MR) is 118 cm³/mol. The number of nitrogens with zero attached hydrogens (tertiary/aromatic N) is 4. The molecule has 152 valence electrons. The summed E-state index contributed by atoms with van der Waals surface area (Å²) in [5.41, 5.74) is 3.02. The molecule has 3 aromatic rings. The van der Waals surface area contributed by atoms with Crippen LogP contribution < -0.4 is 5.32 Å². The van der Waals surface area contributed by atoms with E-state index in [9.17, 15) is 4.79 Å². The topological polar surface area (TPSA) is 71.0 Å². The van der Waals surface area contributed by atoms with E-state index in [-0.39, 0.29) is 11.8 Å². The summed E-state index contributed by atoms with van der Waals surface area (Å²) in [4.78, 5) is 28.0. The van der Waals surface area contributed by atoms with E-state index in [2.05, 4.69) is 20.3 Å². The molecule has 0 saturated carbocycles. The zero-order valence-electron chi connectivity index (χ0n) is 17.0. The molecule has 0 unspecified atom stereocenters. The highest BCUT2D eigenvalue weighted by Crippen LogP contribution is 2.31. The van der Waals surface area contributed by atoms with E-state index in [4.69, 9.17) is 0 Å². The largest absolute Gasteiger partial charge is 0.339 e. The average Bonchev–Trinajstić information content (AvgIpc) is 2.80. The first-order chi connectivity index (χ1) is 14.7. The first-order valence-electron chi connectivity index (χ1n) is 10.2. The Morgan fingerprint density at radius 3 is 2.47 bits per heavy atom. The molecule has 3 heterocycles. The van der Waals surface area contributed by atoms with E-state index in [0.29, 0.717) is 13.1 Å². The van der Waals surface area contributed by atoms with Gasteiger partial charge in [0.25, 0.3) is 0 Å². The van der Waals surface area contributed by atoms with Gasteiger partial charge in [-0.05, 0) is 43.0 Å². The van der Waals surface area contributed by atoms with Crippen LogP contribution in [0.3, 0.4) is 0 Å². The van der Waals surface area contributed by atoms with Crippen molar-refractivity contribution in [2.24, 2.45) is 0 Å². The Morgan fingerprint density at radius 2 is 1.70 bits per heavy atom. The maximum absolute atomic E-state index is 12.6. The number of piperidine rings is 1. The molecule has 0 atom stereocenters. The quantitative estimate of drug-likeness (QED) is 0.646. The fourth-order valence-electron chi connectivity index (χ4n) is 3.68. The van der Waals surface area contributed by atoms with E-state index in [1.807, 2.05) is 60.4 Å². The van der Waals surface area contributed by atoms with E-state index < -0.39 is 0 Å². The van der Waals surface area contributed by atoms with Crippen LogP contribution >= 0.6 is 0 Å². The van der Waals surface area contributed by atoms with Gasteiger partial charge in [-0.3, -0.25) is 9.78 Å². The monoisotopic (exact) mass is 399 g/mol. The Morgan fingerprint density at radius 1 is 0.967 bits per heavy atom. The van der Waals surface area contributed by atoms with Gasteiger partial charge in [-0.25, -0.2) is 9.97 Å². The summed E-state index contributed by atoms with van der Waals surface area (Å²) in [5, 5.41) is 3.33. The van der Waals surface area contributed by atoms with E-state index in [0.717, 1.165) is 41.3 Å². The van der Waals surface area contributed by atoms with Crippen molar-refractivity contribution in [2.45, 2.75) is 25.7 Å². The van der Waals surface area contributed by atoms with Gasteiger partial charge in [0, 0.05) is 43.7 Å². The molecule has 1 aliphatic heterocycles. The lowest BCUT2D eigenvalue weighted by Gasteiger charge is -2.31. The molecule has 6 nitrogen and oxygen atoms in total. The summed E-state index contributed by atoms with van der Waals surface area (Å²) in [6.45, 7) is 3.43. The fourth-order valence-corrected chi connectivity index (χ4v) is 3.68. The van der Waals surface area contributed by atoms with Gasteiger partial charge < -0.3 is 10.2 Å². The normalized spacial score (nSPS) is 14.8. The summed E-state index contributed by atoms with van der Waals surface area (Å²) < 4.78 is 0. The molecule has 6 heteroatoms. The number of hydrogen-bond donors (Lipinski definition) is 1. The number of aryl methyl sites for hydroxylation is 1. The van der Waals surface area contributed by atoms with Gasteiger partial charge in [0.1, 0.15) is 5.82 Å². The first-order valence-corrected chi connectivity index (χ1v) is 10.2. The van der Waals surface area contributed by atoms with Gasteiger partial charge in [-0.15, -0.1) is 0 Å². The lowest BCUT2D eigenvalue weighted by Crippen LogP contribution is -2.37. The number of hydrogen-bond acceptors (Lipinski definition) is 5. The molecule has 1 amide bonds. The second-order valence-electron chi connectivity index (χ2n) is 7.43. The Labute approximate surface area is 176 Å². The number of carbonyl (C=O) groups is 1. The summed E-state index contributed by atoms with van der Waals surface area (Å²) in [7, 11) is 0. The van der Waals surface area contributed by atoms with Gasteiger partial charge in [0.05, 0.1) is 5.69 Å². The zero-order chi connectivity index (χ0) is 20.8. The van der Waals surface area contributed by atoms with Crippen molar-refractivity contribution in [3.8, 4) is 0 Å². The maximum atomic E-state index is 12.6. The molecule has 1 aromatic carbocycles. The highest BCUT2D eigenvalue weighted by molar-refractivity contribution is 5.91. The molecular formula is C24H25N5O. The number of nitrogens with one attached hydrogen (secondary N) is 1. The molecule has 0 spiro atoms. The maximum Gasteiger partial charge on any atom is 0.246 e. The summed E-state index contributed by atoms with van der Waals surface area (Å²) in [6, 6.07) is 13.8.